The van der Waals surface area contributed by atoms with Crippen LogP contribution in [0.2, 0.25) is 0 Å². The molecule has 0 spiro atoms. The minimum Gasteiger partial charge on any atom is -0.370 e. The molecule has 0 N–H and O–H groups in total. The van der Waals surface area contributed by atoms with Gasteiger partial charge in [-0.3, -0.25) is 0 Å². The number of anilines is 1. The van der Waals surface area contributed by atoms with Gasteiger partial charge in [-0.05, 0) is 45.1 Å². The molecule has 1 saturated heterocycles. The van der Waals surface area contributed by atoms with E-state index in [2.05, 4.69) is 55.1 Å². The maximum absolute atomic E-state index is 2.48. The van der Waals surface area contributed by atoms with Gasteiger partial charge >= 0.3 is 0 Å². The Morgan fingerprint density at radius 2 is 2.13 bits per heavy atom. The van der Waals surface area contributed by atoms with Crippen LogP contribution in [0.25, 0.3) is 0 Å². The average Bonchev–Trinajstić information content (AvgIpc) is 2.66. The van der Waals surface area contributed by atoms with Crippen LogP contribution in [-0.2, 0) is 0 Å². The second-order valence-corrected chi connectivity index (χ2v) is 4.69. The highest BCUT2D eigenvalue weighted by Crippen LogP contribution is 2.22. The summed E-state index contributed by atoms with van der Waals surface area (Å²) in [5.41, 5.74) is 2.72. The molecule has 1 aliphatic heterocycles. The Morgan fingerprint density at radius 1 is 1.33 bits per heavy atom. The van der Waals surface area contributed by atoms with Gasteiger partial charge in [-0.1, -0.05) is 12.1 Å². The summed E-state index contributed by atoms with van der Waals surface area (Å²) in [6.07, 6.45) is 1.28. The molecule has 0 aliphatic carbocycles. The first-order valence-electron chi connectivity index (χ1n) is 5.65. The van der Waals surface area contributed by atoms with Gasteiger partial charge in [0.15, 0.2) is 0 Å². The Balaban J connectivity index is 2.08. The molecule has 0 bridgehead atoms. The third kappa shape index (κ3) is 2.32. The first-order valence-corrected chi connectivity index (χ1v) is 5.65. The summed E-state index contributed by atoms with van der Waals surface area (Å²) in [5, 5.41) is 0. The highest BCUT2D eigenvalue weighted by atomic mass is 15.2. The van der Waals surface area contributed by atoms with Crippen LogP contribution in [-0.4, -0.2) is 38.1 Å². The zero-order valence-electron chi connectivity index (χ0n) is 9.90. The molecule has 2 heteroatoms. The van der Waals surface area contributed by atoms with Gasteiger partial charge in [0, 0.05) is 24.8 Å². The zero-order valence-corrected chi connectivity index (χ0v) is 9.90. The maximum Gasteiger partial charge on any atom is 0.0369 e. The highest BCUT2D eigenvalue weighted by molar-refractivity contribution is 5.49. The molecule has 0 aromatic heterocycles. The predicted octanol–water partition coefficient (Wildman–Crippen LogP) is 2.14. The molecule has 1 unspecified atom stereocenters. The summed E-state index contributed by atoms with van der Waals surface area (Å²) >= 11 is 0. The Morgan fingerprint density at radius 3 is 2.73 bits per heavy atom. The van der Waals surface area contributed by atoms with Crippen molar-refractivity contribution in [3.05, 3.63) is 29.8 Å². The van der Waals surface area contributed by atoms with Crippen molar-refractivity contribution < 1.29 is 0 Å². The van der Waals surface area contributed by atoms with E-state index in [4.69, 9.17) is 0 Å². The van der Waals surface area contributed by atoms with Crippen molar-refractivity contribution in [2.24, 2.45) is 0 Å². The van der Waals surface area contributed by atoms with E-state index in [1.54, 1.807) is 0 Å². The van der Waals surface area contributed by atoms with E-state index in [-0.39, 0.29) is 0 Å². The van der Waals surface area contributed by atoms with Crippen molar-refractivity contribution in [1.82, 2.24) is 4.90 Å². The molecule has 0 saturated carbocycles. The fourth-order valence-electron chi connectivity index (χ4n) is 2.22. The van der Waals surface area contributed by atoms with Gasteiger partial charge in [0.25, 0.3) is 0 Å². The lowest BCUT2D eigenvalue weighted by Gasteiger charge is -2.22. The molecule has 1 atom stereocenters. The molecule has 1 aromatic carbocycles. The molecule has 1 fully saturated rings. The van der Waals surface area contributed by atoms with Crippen molar-refractivity contribution in [1.29, 1.82) is 0 Å². The van der Waals surface area contributed by atoms with E-state index in [1.165, 1.54) is 24.2 Å². The van der Waals surface area contributed by atoms with E-state index in [9.17, 15) is 0 Å². The fourth-order valence-corrected chi connectivity index (χ4v) is 2.22. The van der Waals surface area contributed by atoms with Crippen LogP contribution < -0.4 is 4.90 Å². The van der Waals surface area contributed by atoms with Crippen molar-refractivity contribution in [3.63, 3.8) is 0 Å². The number of aryl methyl sites for hydroxylation is 1. The summed E-state index contributed by atoms with van der Waals surface area (Å²) in [6.45, 7) is 4.51. The number of likely N-dealkylation sites (N-methyl/N-ethyl adjacent to an activating group) is 1. The minimum absolute atomic E-state index is 0.713. The average molecular weight is 204 g/mol. The molecular formula is C13H20N2. The third-order valence-electron chi connectivity index (χ3n) is 3.26. The molecular weight excluding hydrogens is 184 g/mol. The second-order valence-electron chi connectivity index (χ2n) is 4.69. The molecule has 82 valence electrons. The molecule has 2 nitrogen and oxygen atoms in total. The fraction of sp³-hybridized carbons (Fsp3) is 0.538. The Labute approximate surface area is 92.5 Å². The summed E-state index contributed by atoms with van der Waals surface area (Å²) in [6, 6.07) is 9.50. The van der Waals surface area contributed by atoms with Gasteiger partial charge < -0.3 is 9.80 Å². The van der Waals surface area contributed by atoms with Crippen molar-refractivity contribution in [2.45, 2.75) is 19.4 Å². The third-order valence-corrected chi connectivity index (χ3v) is 3.26. The SMILES string of the molecule is Cc1cccc(N2CCC(N(C)C)C2)c1. The summed E-state index contributed by atoms with van der Waals surface area (Å²) in [5.74, 6) is 0. The van der Waals surface area contributed by atoms with E-state index >= 15 is 0 Å². The lowest BCUT2D eigenvalue weighted by molar-refractivity contribution is 0.315. The Bertz CT molecular complexity index is 333. The van der Waals surface area contributed by atoms with E-state index < -0.39 is 0 Å². The molecule has 1 aliphatic rings. The first-order chi connectivity index (χ1) is 7.16. The second kappa shape index (κ2) is 4.23. The number of benzene rings is 1. The van der Waals surface area contributed by atoms with Gasteiger partial charge in [0.1, 0.15) is 0 Å². The van der Waals surface area contributed by atoms with Crippen molar-refractivity contribution in [3.8, 4) is 0 Å². The predicted molar refractivity (Wildman–Crippen MR) is 65.5 cm³/mol. The van der Waals surface area contributed by atoms with Gasteiger partial charge in [-0.25, -0.2) is 0 Å². The maximum atomic E-state index is 2.48. The van der Waals surface area contributed by atoms with Crippen LogP contribution >= 0.6 is 0 Å². The van der Waals surface area contributed by atoms with Crippen LogP contribution in [0, 0.1) is 6.92 Å². The lowest BCUT2D eigenvalue weighted by Crippen LogP contribution is -2.31. The van der Waals surface area contributed by atoms with Crippen LogP contribution in [0.1, 0.15) is 12.0 Å². The Hall–Kier alpha value is -1.02. The molecule has 0 radical (unpaired) electrons. The molecule has 1 aromatic rings. The minimum atomic E-state index is 0.713. The van der Waals surface area contributed by atoms with Crippen molar-refractivity contribution >= 4 is 5.69 Å². The molecule has 15 heavy (non-hydrogen) atoms. The smallest absolute Gasteiger partial charge is 0.0369 e. The van der Waals surface area contributed by atoms with Gasteiger partial charge in [-0.15, -0.1) is 0 Å². The molecule has 1 heterocycles. The zero-order chi connectivity index (χ0) is 10.8. The summed E-state index contributed by atoms with van der Waals surface area (Å²) < 4.78 is 0. The normalized spacial score (nSPS) is 21.3. The van der Waals surface area contributed by atoms with Crippen LogP contribution in [0.15, 0.2) is 24.3 Å². The van der Waals surface area contributed by atoms with Crippen molar-refractivity contribution in [2.75, 3.05) is 32.1 Å². The topological polar surface area (TPSA) is 6.48 Å². The highest BCUT2D eigenvalue weighted by Gasteiger charge is 2.23. The quantitative estimate of drug-likeness (QED) is 0.728. The van der Waals surface area contributed by atoms with Crippen LogP contribution in [0.4, 0.5) is 5.69 Å². The van der Waals surface area contributed by atoms with E-state index in [0.717, 1.165) is 6.54 Å². The van der Waals surface area contributed by atoms with Crippen LogP contribution in [0.5, 0.6) is 0 Å². The summed E-state index contributed by atoms with van der Waals surface area (Å²) in [7, 11) is 4.34. The summed E-state index contributed by atoms with van der Waals surface area (Å²) in [4.78, 5) is 4.81. The largest absolute Gasteiger partial charge is 0.370 e. The first kappa shape index (κ1) is 10.5. The lowest BCUT2D eigenvalue weighted by atomic mass is 10.2. The standard InChI is InChI=1S/C13H20N2/c1-11-5-4-6-12(9-11)15-8-7-13(10-15)14(2)3/h4-6,9,13H,7-8,10H2,1-3H3. The van der Waals surface area contributed by atoms with Gasteiger partial charge in [0.2, 0.25) is 0 Å². The number of hydrogen-bond donors (Lipinski definition) is 0. The number of rotatable bonds is 2. The van der Waals surface area contributed by atoms with Gasteiger partial charge in [-0.2, -0.15) is 0 Å². The molecule has 2 rings (SSSR count). The number of nitrogens with zero attached hydrogens (tertiary/aromatic N) is 2. The Kier molecular flexibility index (Phi) is 2.96. The molecule has 0 amide bonds. The monoisotopic (exact) mass is 204 g/mol. The van der Waals surface area contributed by atoms with E-state index in [0.29, 0.717) is 6.04 Å². The number of hydrogen-bond acceptors (Lipinski definition) is 2. The van der Waals surface area contributed by atoms with Gasteiger partial charge in [0.05, 0.1) is 0 Å². The van der Waals surface area contributed by atoms with E-state index in [1.807, 2.05) is 0 Å². The van der Waals surface area contributed by atoms with Crippen LogP contribution in [0.3, 0.4) is 0 Å².